The maximum atomic E-state index is 10.9. The van der Waals surface area contributed by atoms with Crippen LogP contribution in [0, 0.1) is 30.3 Å². The molecule has 0 saturated carbocycles. The molecule has 0 spiro atoms. The van der Waals surface area contributed by atoms with Crippen molar-refractivity contribution in [1.29, 1.82) is 0 Å². The van der Waals surface area contributed by atoms with E-state index < -0.39 is 37.7 Å². The number of nitro benzene ring substituents is 3. The van der Waals surface area contributed by atoms with Crippen molar-refractivity contribution in [1.82, 2.24) is 0 Å². The first-order valence-corrected chi connectivity index (χ1v) is 4.86. The van der Waals surface area contributed by atoms with E-state index in [1.54, 1.807) is 13.8 Å². The molecule has 0 radical (unpaired) electrons. The van der Waals surface area contributed by atoms with E-state index in [9.17, 15) is 30.3 Å². The molecular weight excluding hydrogens is 246 g/mol. The Labute approximate surface area is 100 Å². The highest BCUT2D eigenvalue weighted by atomic mass is 16.6. The van der Waals surface area contributed by atoms with E-state index in [0.717, 1.165) is 6.07 Å². The van der Waals surface area contributed by atoms with Gasteiger partial charge in [-0.1, -0.05) is 13.8 Å². The van der Waals surface area contributed by atoms with Crippen molar-refractivity contribution in [3.8, 4) is 0 Å². The molecule has 18 heavy (non-hydrogen) atoms. The Morgan fingerprint density at radius 1 is 0.944 bits per heavy atom. The minimum absolute atomic E-state index is 0.0269. The fraction of sp³-hybridized carbons (Fsp3) is 0.333. The van der Waals surface area contributed by atoms with E-state index in [-0.39, 0.29) is 5.56 Å². The molecule has 0 heterocycles. The van der Waals surface area contributed by atoms with E-state index in [4.69, 9.17) is 0 Å². The van der Waals surface area contributed by atoms with Crippen LogP contribution >= 0.6 is 0 Å². The molecule has 1 aromatic rings. The molecule has 0 aliphatic carbocycles. The van der Waals surface area contributed by atoms with Gasteiger partial charge in [0.1, 0.15) is 6.07 Å². The van der Waals surface area contributed by atoms with Gasteiger partial charge in [-0.25, -0.2) is 0 Å². The van der Waals surface area contributed by atoms with Crippen molar-refractivity contribution < 1.29 is 14.8 Å². The molecule has 0 amide bonds. The third-order valence-corrected chi connectivity index (χ3v) is 2.32. The van der Waals surface area contributed by atoms with Crippen LogP contribution in [0.1, 0.15) is 25.3 Å². The molecular formula is C9H9N3O6. The zero-order chi connectivity index (χ0) is 14.0. The minimum Gasteiger partial charge on any atom is -0.258 e. The molecule has 0 saturated heterocycles. The Balaban J connectivity index is 3.71. The second-order valence-electron chi connectivity index (χ2n) is 3.83. The Morgan fingerprint density at radius 2 is 1.50 bits per heavy atom. The summed E-state index contributed by atoms with van der Waals surface area (Å²) in [4.78, 5) is 29.6. The SMILES string of the molecule is CC(C)c1cc([N+](=O)[O-])cc([N+](=O)[O-])c1[N+](=O)[O-]. The van der Waals surface area contributed by atoms with Gasteiger partial charge in [-0.2, -0.15) is 0 Å². The zero-order valence-corrected chi connectivity index (χ0v) is 9.52. The van der Waals surface area contributed by atoms with Crippen LogP contribution in [0.25, 0.3) is 0 Å². The molecule has 0 bridgehead atoms. The van der Waals surface area contributed by atoms with Crippen molar-refractivity contribution in [2.24, 2.45) is 0 Å². The van der Waals surface area contributed by atoms with E-state index in [2.05, 4.69) is 0 Å². The largest absolute Gasteiger partial charge is 0.353 e. The minimum atomic E-state index is -0.989. The molecule has 96 valence electrons. The maximum absolute atomic E-state index is 10.9. The third-order valence-electron chi connectivity index (χ3n) is 2.32. The van der Waals surface area contributed by atoms with Gasteiger partial charge in [0.15, 0.2) is 0 Å². The van der Waals surface area contributed by atoms with Crippen LogP contribution in [-0.4, -0.2) is 14.8 Å². The monoisotopic (exact) mass is 255 g/mol. The highest BCUT2D eigenvalue weighted by Gasteiger charge is 2.33. The van der Waals surface area contributed by atoms with Crippen LogP contribution in [0.15, 0.2) is 12.1 Å². The van der Waals surface area contributed by atoms with E-state index in [1.807, 2.05) is 0 Å². The molecule has 0 aromatic heterocycles. The van der Waals surface area contributed by atoms with Gasteiger partial charge in [0, 0.05) is 11.6 Å². The molecule has 0 N–H and O–H groups in total. The number of hydrogen-bond acceptors (Lipinski definition) is 6. The normalized spacial score (nSPS) is 10.4. The first kappa shape index (κ1) is 13.5. The van der Waals surface area contributed by atoms with Gasteiger partial charge in [-0.15, -0.1) is 0 Å². The molecule has 0 aliphatic heterocycles. The van der Waals surface area contributed by atoms with Crippen molar-refractivity contribution in [2.45, 2.75) is 19.8 Å². The highest BCUT2D eigenvalue weighted by molar-refractivity contribution is 5.64. The number of nitrogens with zero attached hydrogens (tertiary/aromatic N) is 3. The summed E-state index contributed by atoms with van der Waals surface area (Å²) in [5.74, 6) is -0.441. The Kier molecular flexibility index (Phi) is 3.55. The summed E-state index contributed by atoms with van der Waals surface area (Å²) in [6.45, 7) is 3.13. The fourth-order valence-electron chi connectivity index (χ4n) is 1.51. The average Bonchev–Trinajstić information content (AvgIpc) is 2.26. The molecule has 1 rings (SSSR count). The van der Waals surface area contributed by atoms with Gasteiger partial charge in [-0.3, -0.25) is 30.3 Å². The number of benzene rings is 1. The number of rotatable bonds is 4. The molecule has 0 unspecified atom stereocenters. The molecule has 0 fully saturated rings. The van der Waals surface area contributed by atoms with Crippen LogP contribution in [-0.2, 0) is 0 Å². The van der Waals surface area contributed by atoms with Gasteiger partial charge in [0.2, 0.25) is 0 Å². The second kappa shape index (κ2) is 4.73. The van der Waals surface area contributed by atoms with E-state index >= 15 is 0 Å². The highest BCUT2D eigenvalue weighted by Crippen LogP contribution is 2.38. The standard InChI is InChI=1S/C9H9N3O6/c1-5(2)7-3-6(10(13)14)4-8(11(15)16)9(7)12(17)18/h3-5H,1-2H3. The van der Waals surface area contributed by atoms with Crippen molar-refractivity contribution in [3.63, 3.8) is 0 Å². The zero-order valence-electron chi connectivity index (χ0n) is 9.52. The second-order valence-corrected chi connectivity index (χ2v) is 3.83. The lowest BCUT2D eigenvalue weighted by molar-refractivity contribution is -0.425. The van der Waals surface area contributed by atoms with Crippen LogP contribution in [0.5, 0.6) is 0 Å². The lowest BCUT2D eigenvalue weighted by atomic mass is 9.99. The summed E-state index contributed by atoms with van der Waals surface area (Å²) >= 11 is 0. The lowest BCUT2D eigenvalue weighted by Crippen LogP contribution is -2.04. The summed E-state index contributed by atoms with van der Waals surface area (Å²) in [6.07, 6.45) is 0. The maximum Gasteiger partial charge on any atom is 0.353 e. The molecule has 9 heteroatoms. The summed E-state index contributed by atoms with van der Waals surface area (Å²) in [7, 11) is 0. The lowest BCUT2D eigenvalue weighted by Gasteiger charge is -2.06. The molecule has 0 aliphatic rings. The fourth-order valence-corrected chi connectivity index (χ4v) is 1.51. The summed E-state index contributed by atoms with van der Waals surface area (Å²) in [6, 6.07) is 1.60. The van der Waals surface area contributed by atoms with Gasteiger partial charge in [0.05, 0.1) is 14.8 Å². The van der Waals surface area contributed by atoms with Gasteiger partial charge >= 0.3 is 11.4 Å². The van der Waals surface area contributed by atoms with Crippen molar-refractivity contribution >= 4 is 17.1 Å². The third kappa shape index (κ3) is 2.39. The van der Waals surface area contributed by atoms with Gasteiger partial charge in [-0.05, 0) is 5.92 Å². The molecule has 1 aromatic carbocycles. The summed E-state index contributed by atoms with van der Waals surface area (Å²) in [5.41, 5.74) is -2.12. The predicted octanol–water partition coefficient (Wildman–Crippen LogP) is 2.53. The van der Waals surface area contributed by atoms with E-state index in [0.29, 0.717) is 6.07 Å². The van der Waals surface area contributed by atoms with E-state index in [1.165, 1.54) is 0 Å². The summed E-state index contributed by atoms with van der Waals surface area (Å²) in [5, 5.41) is 32.3. The predicted molar refractivity (Wildman–Crippen MR) is 60.5 cm³/mol. The number of nitro groups is 3. The Hall–Kier alpha value is -2.58. The van der Waals surface area contributed by atoms with Crippen LogP contribution in [0.3, 0.4) is 0 Å². The quantitative estimate of drug-likeness (QED) is 0.600. The molecule has 9 nitrogen and oxygen atoms in total. The first-order chi connectivity index (χ1) is 8.25. The van der Waals surface area contributed by atoms with Crippen molar-refractivity contribution in [3.05, 3.63) is 48.0 Å². The first-order valence-electron chi connectivity index (χ1n) is 4.86. The Bertz CT molecular complexity index is 539. The molecule has 0 atom stereocenters. The topological polar surface area (TPSA) is 129 Å². The van der Waals surface area contributed by atoms with Crippen LogP contribution < -0.4 is 0 Å². The van der Waals surface area contributed by atoms with Crippen LogP contribution in [0.2, 0.25) is 0 Å². The van der Waals surface area contributed by atoms with Gasteiger partial charge < -0.3 is 0 Å². The Morgan fingerprint density at radius 3 is 1.83 bits per heavy atom. The van der Waals surface area contributed by atoms with Crippen molar-refractivity contribution in [2.75, 3.05) is 0 Å². The smallest absolute Gasteiger partial charge is 0.258 e. The van der Waals surface area contributed by atoms with Crippen LogP contribution in [0.4, 0.5) is 17.1 Å². The van der Waals surface area contributed by atoms with Gasteiger partial charge in [0.25, 0.3) is 5.69 Å². The summed E-state index contributed by atoms with van der Waals surface area (Å²) < 4.78 is 0. The number of non-ortho nitro benzene ring substituents is 1. The number of hydrogen-bond donors (Lipinski definition) is 0. The average molecular weight is 255 g/mol.